The van der Waals surface area contributed by atoms with Gasteiger partial charge in [-0.15, -0.1) is 11.3 Å². The van der Waals surface area contributed by atoms with Gasteiger partial charge in [0.15, 0.2) is 0 Å². The Hall–Kier alpha value is -3.07. The summed E-state index contributed by atoms with van der Waals surface area (Å²) in [4.78, 5) is 35.6. The summed E-state index contributed by atoms with van der Waals surface area (Å²) < 4.78 is 6.02. The lowest BCUT2D eigenvalue weighted by Crippen LogP contribution is -2.13. The molecule has 3 rings (SSSR count). The number of para-hydroxylation sites is 1. The van der Waals surface area contributed by atoms with Crippen molar-refractivity contribution in [2.24, 2.45) is 0 Å². The zero-order valence-electron chi connectivity index (χ0n) is 15.0. The van der Waals surface area contributed by atoms with Crippen LogP contribution >= 0.6 is 11.3 Å². The number of aryl methyl sites for hydroxylation is 1. The van der Waals surface area contributed by atoms with Crippen LogP contribution in [0.5, 0.6) is 0 Å². The highest BCUT2D eigenvalue weighted by Crippen LogP contribution is 2.35. The summed E-state index contributed by atoms with van der Waals surface area (Å²) in [5.41, 5.74) is 8.35. The van der Waals surface area contributed by atoms with Gasteiger partial charge in [0.1, 0.15) is 10.8 Å². The van der Waals surface area contributed by atoms with E-state index in [1.807, 2.05) is 24.3 Å². The highest BCUT2D eigenvalue weighted by Gasteiger charge is 2.18. The van der Waals surface area contributed by atoms with Gasteiger partial charge in [-0.05, 0) is 25.0 Å². The van der Waals surface area contributed by atoms with Crippen LogP contribution < -0.4 is 11.1 Å². The van der Waals surface area contributed by atoms with Gasteiger partial charge in [-0.1, -0.05) is 12.1 Å². The van der Waals surface area contributed by atoms with E-state index in [9.17, 15) is 9.59 Å². The SMILES string of the molecule is CC(=O)Nc1nc(N)c(-c2nc3ccccc3s2)c(CCCOC(C)=O)n1. The van der Waals surface area contributed by atoms with E-state index in [2.05, 4.69) is 20.3 Å². The summed E-state index contributed by atoms with van der Waals surface area (Å²) in [6.45, 7) is 3.01. The maximum Gasteiger partial charge on any atom is 0.302 e. The fraction of sp³-hybridized carbons (Fsp3) is 0.278. The molecular weight excluding hydrogens is 366 g/mol. The number of anilines is 2. The van der Waals surface area contributed by atoms with Crippen LogP contribution in [0.3, 0.4) is 0 Å². The molecule has 9 heteroatoms. The Morgan fingerprint density at radius 2 is 1.96 bits per heavy atom. The second-order valence-corrected chi connectivity index (χ2v) is 6.90. The molecular formula is C18H19N5O3S. The Morgan fingerprint density at radius 1 is 1.19 bits per heavy atom. The number of esters is 1. The van der Waals surface area contributed by atoms with Crippen molar-refractivity contribution in [3.63, 3.8) is 0 Å². The normalized spacial score (nSPS) is 10.7. The van der Waals surface area contributed by atoms with Crippen LogP contribution in [0.25, 0.3) is 20.8 Å². The minimum Gasteiger partial charge on any atom is -0.466 e. The van der Waals surface area contributed by atoms with Crippen molar-refractivity contribution in [2.45, 2.75) is 26.7 Å². The Kier molecular flexibility index (Phi) is 5.60. The van der Waals surface area contributed by atoms with E-state index in [1.54, 1.807) is 0 Å². The number of nitrogens with one attached hydrogen (secondary N) is 1. The van der Waals surface area contributed by atoms with Gasteiger partial charge in [-0.2, -0.15) is 4.98 Å². The van der Waals surface area contributed by atoms with E-state index in [0.29, 0.717) is 29.1 Å². The molecule has 2 heterocycles. The molecule has 0 radical (unpaired) electrons. The topological polar surface area (TPSA) is 120 Å². The van der Waals surface area contributed by atoms with E-state index in [1.165, 1.54) is 25.2 Å². The highest BCUT2D eigenvalue weighted by molar-refractivity contribution is 7.21. The zero-order chi connectivity index (χ0) is 19.4. The Morgan fingerprint density at radius 3 is 2.67 bits per heavy atom. The van der Waals surface area contributed by atoms with Crippen molar-refractivity contribution >= 4 is 45.2 Å². The lowest BCUT2D eigenvalue weighted by molar-refractivity contribution is -0.141. The molecule has 3 aromatic rings. The molecule has 0 fully saturated rings. The van der Waals surface area contributed by atoms with Gasteiger partial charge in [0.05, 0.1) is 28.1 Å². The number of benzene rings is 1. The van der Waals surface area contributed by atoms with Crippen LogP contribution in [-0.2, 0) is 20.7 Å². The molecule has 0 spiro atoms. The number of thiazole rings is 1. The van der Waals surface area contributed by atoms with Crippen LogP contribution in [-0.4, -0.2) is 33.4 Å². The first-order valence-electron chi connectivity index (χ1n) is 8.37. The van der Waals surface area contributed by atoms with E-state index < -0.39 is 0 Å². The number of hydrogen-bond donors (Lipinski definition) is 2. The Labute approximate surface area is 159 Å². The maximum absolute atomic E-state index is 11.3. The smallest absolute Gasteiger partial charge is 0.302 e. The van der Waals surface area contributed by atoms with Crippen molar-refractivity contribution in [1.82, 2.24) is 15.0 Å². The van der Waals surface area contributed by atoms with E-state index >= 15 is 0 Å². The molecule has 0 saturated carbocycles. The third-order valence-electron chi connectivity index (χ3n) is 3.67. The number of nitrogen functional groups attached to an aromatic ring is 1. The molecule has 3 N–H and O–H groups in total. The van der Waals surface area contributed by atoms with Crippen LogP contribution in [0.1, 0.15) is 26.0 Å². The first kappa shape index (κ1) is 18.7. The van der Waals surface area contributed by atoms with E-state index in [4.69, 9.17) is 10.5 Å². The molecule has 0 atom stereocenters. The quantitative estimate of drug-likeness (QED) is 0.494. The monoisotopic (exact) mass is 385 g/mol. The van der Waals surface area contributed by atoms with Crippen molar-refractivity contribution < 1.29 is 14.3 Å². The fourth-order valence-electron chi connectivity index (χ4n) is 2.59. The molecule has 27 heavy (non-hydrogen) atoms. The highest BCUT2D eigenvalue weighted by atomic mass is 32.1. The Balaban J connectivity index is 1.99. The predicted molar refractivity (Wildman–Crippen MR) is 104 cm³/mol. The van der Waals surface area contributed by atoms with Gasteiger partial charge < -0.3 is 10.5 Å². The van der Waals surface area contributed by atoms with Crippen LogP contribution in [0, 0.1) is 0 Å². The summed E-state index contributed by atoms with van der Waals surface area (Å²) in [5.74, 6) is -0.224. The minimum atomic E-state index is -0.331. The summed E-state index contributed by atoms with van der Waals surface area (Å²) >= 11 is 1.50. The standard InChI is InChI=1S/C18H19N5O3S/c1-10(24)20-18-22-13(7-5-9-26-11(2)25)15(16(19)23-18)17-21-12-6-3-4-8-14(12)27-17/h3-4,6,8H,5,7,9H2,1-2H3,(H3,19,20,22,23,24). The van der Waals surface area contributed by atoms with Gasteiger partial charge in [-0.3, -0.25) is 14.9 Å². The number of amides is 1. The predicted octanol–water partition coefficient (Wildman–Crippen LogP) is 2.79. The molecule has 0 aliphatic carbocycles. The number of rotatable bonds is 6. The van der Waals surface area contributed by atoms with Crippen LogP contribution in [0.2, 0.25) is 0 Å². The molecule has 2 aromatic heterocycles. The minimum absolute atomic E-state index is 0.146. The molecule has 0 bridgehead atoms. The molecule has 0 saturated heterocycles. The largest absolute Gasteiger partial charge is 0.466 e. The van der Waals surface area contributed by atoms with Crippen LogP contribution in [0.15, 0.2) is 24.3 Å². The number of aromatic nitrogens is 3. The van der Waals surface area contributed by atoms with Crippen molar-refractivity contribution in [2.75, 3.05) is 17.7 Å². The third-order valence-corrected chi connectivity index (χ3v) is 4.72. The lowest BCUT2D eigenvalue weighted by atomic mass is 10.1. The fourth-order valence-corrected chi connectivity index (χ4v) is 3.63. The average Bonchev–Trinajstić information content (AvgIpc) is 3.01. The molecule has 1 aromatic carbocycles. The number of fused-ring (bicyclic) bond motifs is 1. The molecule has 0 aliphatic rings. The summed E-state index contributed by atoms with van der Waals surface area (Å²) in [6, 6.07) is 7.79. The summed E-state index contributed by atoms with van der Waals surface area (Å²) in [7, 11) is 0. The third kappa shape index (κ3) is 4.56. The van der Waals surface area contributed by atoms with Crippen molar-refractivity contribution in [3.05, 3.63) is 30.0 Å². The van der Waals surface area contributed by atoms with Gasteiger partial charge in [0.25, 0.3) is 0 Å². The number of carbonyl (C=O) groups is 2. The number of nitrogens with two attached hydrogens (primary N) is 1. The number of ether oxygens (including phenoxy) is 1. The molecule has 0 aliphatic heterocycles. The molecule has 0 unspecified atom stereocenters. The van der Waals surface area contributed by atoms with E-state index in [-0.39, 0.29) is 30.2 Å². The zero-order valence-corrected chi connectivity index (χ0v) is 15.8. The van der Waals surface area contributed by atoms with Crippen molar-refractivity contribution in [3.8, 4) is 10.6 Å². The molecule has 8 nitrogen and oxygen atoms in total. The first-order chi connectivity index (χ1) is 12.9. The van der Waals surface area contributed by atoms with Gasteiger partial charge in [0, 0.05) is 13.8 Å². The van der Waals surface area contributed by atoms with E-state index in [0.717, 1.165) is 10.2 Å². The number of hydrogen-bond acceptors (Lipinski definition) is 8. The molecule has 1 amide bonds. The van der Waals surface area contributed by atoms with Crippen LogP contribution in [0.4, 0.5) is 11.8 Å². The second-order valence-electron chi connectivity index (χ2n) is 5.87. The molecule has 140 valence electrons. The first-order valence-corrected chi connectivity index (χ1v) is 9.19. The number of carbonyl (C=O) groups excluding carboxylic acids is 2. The maximum atomic E-state index is 11.3. The van der Waals surface area contributed by atoms with Gasteiger partial charge in [-0.25, -0.2) is 9.97 Å². The van der Waals surface area contributed by atoms with Gasteiger partial charge in [0.2, 0.25) is 11.9 Å². The summed E-state index contributed by atoms with van der Waals surface area (Å²) in [6.07, 6.45) is 1.06. The second kappa shape index (κ2) is 8.09. The lowest BCUT2D eigenvalue weighted by Gasteiger charge is -2.11. The summed E-state index contributed by atoms with van der Waals surface area (Å²) in [5, 5.41) is 3.27. The number of nitrogens with zero attached hydrogens (tertiary/aromatic N) is 3. The van der Waals surface area contributed by atoms with Gasteiger partial charge >= 0.3 is 5.97 Å². The van der Waals surface area contributed by atoms with Crippen molar-refractivity contribution in [1.29, 1.82) is 0 Å². The average molecular weight is 385 g/mol. The Bertz CT molecular complexity index is 969.